The first-order chi connectivity index (χ1) is 20.0. The number of benzene rings is 4. The number of carbonyl (C=O) groups is 1. The summed E-state index contributed by atoms with van der Waals surface area (Å²) in [5.41, 5.74) is 7.94. The van der Waals surface area contributed by atoms with Crippen LogP contribution in [0, 0.1) is 6.07 Å². The van der Waals surface area contributed by atoms with Gasteiger partial charge in [0.25, 0.3) is 0 Å². The second kappa shape index (κ2) is 12.4. The maximum absolute atomic E-state index is 10.0. The number of furan rings is 2. The molecule has 0 bridgehead atoms. The number of pyridine rings is 1. The molecule has 3 aromatic heterocycles. The van der Waals surface area contributed by atoms with Crippen molar-refractivity contribution >= 4 is 38.8 Å². The van der Waals surface area contributed by atoms with Crippen LogP contribution in [0.2, 0.25) is 0 Å². The zero-order valence-corrected chi connectivity index (χ0v) is 25.3. The molecule has 0 aliphatic rings. The van der Waals surface area contributed by atoms with Crippen LogP contribution in [0.5, 0.6) is 0 Å². The number of rotatable bonds is 4. The van der Waals surface area contributed by atoms with Crippen molar-refractivity contribution in [2.24, 2.45) is 0 Å². The van der Waals surface area contributed by atoms with E-state index in [0.717, 1.165) is 66.7 Å². The Kier molecular flexibility index (Phi) is 8.48. The molecule has 3 heterocycles. The molecule has 0 saturated carbocycles. The second-order valence-corrected chi connectivity index (χ2v) is 9.67. The van der Waals surface area contributed by atoms with Crippen LogP contribution in [-0.4, -0.2) is 15.9 Å². The SMILES string of the molecule is CC(=O)/C=C(/C)O.[Ir].[c-]1ccc2c(oc3ccccc32)c1-c1ccc2oc(-c3ccccc3)c(-c3ccccc3)c2n1. The van der Waals surface area contributed by atoms with Crippen LogP contribution in [0.4, 0.5) is 0 Å². The Morgan fingerprint density at radius 2 is 1.43 bits per heavy atom. The number of para-hydroxylation sites is 1. The maximum Gasteiger partial charge on any atom is 0.155 e. The van der Waals surface area contributed by atoms with Crippen LogP contribution in [0.1, 0.15) is 13.8 Å². The van der Waals surface area contributed by atoms with E-state index in [1.165, 1.54) is 19.9 Å². The van der Waals surface area contributed by atoms with Gasteiger partial charge in [-0.15, -0.1) is 18.2 Å². The topological polar surface area (TPSA) is 76.5 Å². The van der Waals surface area contributed by atoms with Gasteiger partial charge in [0.15, 0.2) is 11.4 Å². The van der Waals surface area contributed by atoms with E-state index in [-0.39, 0.29) is 31.6 Å². The third-order valence-electron chi connectivity index (χ3n) is 6.64. The molecule has 0 amide bonds. The van der Waals surface area contributed by atoms with Gasteiger partial charge < -0.3 is 13.9 Å². The number of nitrogens with zero attached hydrogens (tertiary/aromatic N) is 1. The molecule has 0 spiro atoms. The Labute approximate surface area is 256 Å². The number of ketones is 1. The Morgan fingerprint density at radius 1 is 0.762 bits per heavy atom. The zero-order chi connectivity index (χ0) is 28.3. The van der Waals surface area contributed by atoms with Gasteiger partial charge in [0.05, 0.1) is 16.9 Å². The first kappa shape index (κ1) is 28.7. The van der Waals surface area contributed by atoms with E-state index >= 15 is 0 Å². The van der Waals surface area contributed by atoms with Crippen molar-refractivity contribution in [2.75, 3.05) is 0 Å². The third kappa shape index (κ3) is 5.68. The van der Waals surface area contributed by atoms with Crippen LogP contribution in [0.3, 0.4) is 0 Å². The van der Waals surface area contributed by atoms with Crippen LogP contribution >= 0.6 is 0 Å². The minimum atomic E-state index is -0.125. The van der Waals surface area contributed by atoms with Crippen molar-refractivity contribution in [3.63, 3.8) is 0 Å². The molecular formula is C36H26IrNO4-. The largest absolute Gasteiger partial charge is 0.512 e. The molecule has 1 radical (unpaired) electrons. The van der Waals surface area contributed by atoms with Gasteiger partial charge in [-0.3, -0.25) is 9.78 Å². The second-order valence-electron chi connectivity index (χ2n) is 9.67. The first-order valence-electron chi connectivity index (χ1n) is 13.2. The van der Waals surface area contributed by atoms with Crippen molar-refractivity contribution in [3.8, 4) is 33.7 Å². The van der Waals surface area contributed by atoms with Gasteiger partial charge in [-0.2, -0.15) is 0 Å². The molecule has 0 aliphatic carbocycles. The van der Waals surface area contributed by atoms with Gasteiger partial charge in [-0.25, -0.2) is 0 Å². The molecule has 7 rings (SSSR count). The summed E-state index contributed by atoms with van der Waals surface area (Å²) < 4.78 is 12.6. The molecule has 0 fully saturated rings. The fourth-order valence-corrected chi connectivity index (χ4v) is 4.96. The molecule has 4 aromatic carbocycles. The monoisotopic (exact) mass is 729 g/mol. The third-order valence-corrected chi connectivity index (χ3v) is 6.64. The van der Waals surface area contributed by atoms with Gasteiger partial charge in [-0.1, -0.05) is 95.9 Å². The summed E-state index contributed by atoms with van der Waals surface area (Å²) in [6.07, 6.45) is 1.17. The van der Waals surface area contributed by atoms with Crippen LogP contribution in [-0.2, 0) is 24.9 Å². The van der Waals surface area contributed by atoms with Gasteiger partial charge in [0.1, 0.15) is 16.9 Å². The molecule has 5 nitrogen and oxygen atoms in total. The molecule has 6 heteroatoms. The normalized spacial score (nSPS) is 11.2. The van der Waals surface area contributed by atoms with Crippen molar-refractivity contribution in [1.29, 1.82) is 0 Å². The van der Waals surface area contributed by atoms with Crippen LogP contribution in [0.15, 0.2) is 130 Å². The summed E-state index contributed by atoms with van der Waals surface area (Å²) in [5.74, 6) is 0.755. The van der Waals surface area contributed by atoms with E-state index in [2.05, 4.69) is 36.4 Å². The standard InChI is InChI=1S/C31H18NO2.C5H8O2.Ir/c1-3-10-20(11-4-1)28-29-27(34-30(28)21-12-5-2-6-13-21)19-18-25(32-29)24-16-9-15-23-22-14-7-8-17-26(22)33-31(23)24;1-4(6)3-5(2)7;/h1-15,17-19H;3,6H,1-2H3;/q-1;;/b;4-3-;. The summed E-state index contributed by atoms with van der Waals surface area (Å²) in [7, 11) is 0. The number of aromatic nitrogens is 1. The van der Waals surface area contributed by atoms with E-state index in [1.54, 1.807) is 0 Å². The summed E-state index contributed by atoms with van der Waals surface area (Å²) in [5, 5.41) is 10.5. The maximum atomic E-state index is 10.0. The minimum Gasteiger partial charge on any atom is -0.512 e. The van der Waals surface area contributed by atoms with Crippen LogP contribution in [0.25, 0.3) is 66.7 Å². The van der Waals surface area contributed by atoms with E-state index in [4.69, 9.17) is 18.9 Å². The number of carbonyl (C=O) groups excluding carboxylic acids is 1. The molecule has 0 saturated heterocycles. The number of hydrogen-bond acceptors (Lipinski definition) is 5. The summed E-state index contributed by atoms with van der Waals surface area (Å²) in [6, 6.07) is 39.9. The fraction of sp³-hybridized carbons (Fsp3) is 0.0556. The van der Waals surface area contributed by atoms with E-state index in [9.17, 15) is 4.79 Å². The predicted octanol–water partition coefficient (Wildman–Crippen LogP) is 9.56. The molecule has 0 atom stereocenters. The van der Waals surface area contributed by atoms with Crippen molar-refractivity contribution in [3.05, 3.63) is 127 Å². The molecule has 42 heavy (non-hydrogen) atoms. The number of aliphatic hydroxyl groups is 1. The Bertz CT molecular complexity index is 2040. The Morgan fingerprint density at radius 3 is 2.10 bits per heavy atom. The summed E-state index contributed by atoms with van der Waals surface area (Å²) in [4.78, 5) is 15.1. The van der Waals surface area contributed by atoms with Crippen LogP contribution < -0.4 is 0 Å². The number of aliphatic hydroxyl groups excluding tert-OH is 1. The number of allylic oxidation sites excluding steroid dienone is 2. The summed E-state index contributed by atoms with van der Waals surface area (Å²) in [6.45, 7) is 2.85. The minimum absolute atomic E-state index is 0. The first-order valence-corrected chi connectivity index (χ1v) is 13.2. The predicted molar refractivity (Wildman–Crippen MR) is 163 cm³/mol. The molecule has 1 N–H and O–H groups in total. The zero-order valence-electron chi connectivity index (χ0n) is 22.9. The van der Waals surface area contributed by atoms with E-state index in [1.807, 2.05) is 78.9 Å². The van der Waals surface area contributed by atoms with E-state index in [0.29, 0.717) is 0 Å². The average molecular weight is 729 g/mol. The average Bonchev–Trinajstić information content (AvgIpc) is 3.56. The van der Waals surface area contributed by atoms with E-state index < -0.39 is 0 Å². The Balaban J connectivity index is 0.000000396. The molecule has 0 unspecified atom stereocenters. The Hall–Kier alpha value is -4.77. The van der Waals surface area contributed by atoms with Gasteiger partial charge in [0, 0.05) is 37.1 Å². The molecule has 0 aliphatic heterocycles. The van der Waals surface area contributed by atoms with Gasteiger partial charge >= 0.3 is 0 Å². The summed E-state index contributed by atoms with van der Waals surface area (Å²) >= 11 is 0. The fourth-order valence-electron chi connectivity index (χ4n) is 4.96. The van der Waals surface area contributed by atoms with Crippen molar-refractivity contribution < 1.29 is 38.8 Å². The molecule has 209 valence electrons. The van der Waals surface area contributed by atoms with Gasteiger partial charge in [-0.05, 0) is 37.2 Å². The van der Waals surface area contributed by atoms with Gasteiger partial charge in [0.2, 0.25) is 0 Å². The van der Waals surface area contributed by atoms with Crippen molar-refractivity contribution in [1.82, 2.24) is 4.98 Å². The molecular weight excluding hydrogens is 703 g/mol. The number of hydrogen-bond donors (Lipinski definition) is 1. The molecule has 7 aromatic rings. The number of fused-ring (bicyclic) bond motifs is 4. The smallest absolute Gasteiger partial charge is 0.155 e. The van der Waals surface area contributed by atoms with Crippen molar-refractivity contribution in [2.45, 2.75) is 13.8 Å². The quantitative estimate of drug-likeness (QED) is 0.111.